The lowest BCUT2D eigenvalue weighted by atomic mass is 9.93. The molecule has 2 aromatic rings. The van der Waals surface area contributed by atoms with Gasteiger partial charge in [-0.3, -0.25) is 11.3 Å². The summed E-state index contributed by atoms with van der Waals surface area (Å²) >= 11 is 5.82. The molecular formula is C16H18ClFN2. The molecule has 0 aliphatic heterocycles. The maximum absolute atomic E-state index is 13.2. The summed E-state index contributed by atoms with van der Waals surface area (Å²) in [4.78, 5) is 0. The maximum Gasteiger partial charge on any atom is 0.141 e. The maximum atomic E-state index is 13.2. The quantitative estimate of drug-likeness (QED) is 0.664. The fourth-order valence-electron chi connectivity index (χ4n) is 2.31. The Morgan fingerprint density at radius 3 is 2.65 bits per heavy atom. The van der Waals surface area contributed by atoms with Crippen LogP contribution in [0.5, 0.6) is 0 Å². The predicted octanol–water partition coefficient (Wildman–Crippen LogP) is 3.84. The largest absolute Gasteiger partial charge is 0.271 e. The summed E-state index contributed by atoms with van der Waals surface area (Å²) in [5.74, 6) is 5.28. The summed E-state index contributed by atoms with van der Waals surface area (Å²) in [6.07, 6.45) is 0.654. The van der Waals surface area contributed by atoms with Crippen LogP contribution in [-0.4, -0.2) is 0 Å². The molecule has 4 heteroatoms. The molecule has 0 amide bonds. The van der Waals surface area contributed by atoms with Crippen LogP contribution in [0, 0.1) is 19.7 Å². The summed E-state index contributed by atoms with van der Waals surface area (Å²) in [5, 5.41) is 0.138. The fraction of sp³-hybridized carbons (Fsp3) is 0.250. The van der Waals surface area contributed by atoms with E-state index >= 15 is 0 Å². The molecule has 106 valence electrons. The number of benzene rings is 2. The van der Waals surface area contributed by atoms with Gasteiger partial charge in [0, 0.05) is 0 Å². The van der Waals surface area contributed by atoms with E-state index in [1.165, 1.54) is 17.2 Å². The number of hydrogen-bond acceptors (Lipinski definition) is 2. The van der Waals surface area contributed by atoms with E-state index in [1.54, 1.807) is 12.1 Å². The number of hydrogen-bond donors (Lipinski definition) is 2. The first-order valence-corrected chi connectivity index (χ1v) is 6.87. The van der Waals surface area contributed by atoms with E-state index in [1.807, 2.05) is 6.07 Å². The Morgan fingerprint density at radius 2 is 2.00 bits per heavy atom. The summed E-state index contributed by atoms with van der Waals surface area (Å²) in [7, 11) is 0. The molecule has 0 radical (unpaired) electrons. The Balaban J connectivity index is 2.28. The smallest absolute Gasteiger partial charge is 0.141 e. The molecule has 0 aliphatic carbocycles. The number of halogens is 2. The summed E-state index contributed by atoms with van der Waals surface area (Å²) < 4.78 is 13.2. The molecule has 0 spiro atoms. The summed E-state index contributed by atoms with van der Waals surface area (Å²) in [6, 6.07) is 10.9. The van der Waals surface area contributed by atoms with Crippen molar-refractivity contribution in [2.24, 2.45) is 5.84 Å². The number of rotatable bonds is 4. The Kier molecular flexibility index (Phi) is 4.76. The van der Waals surface area contributed by atoms with Crippen molar-refractivity contribution in [2.45, 2.75) is 26.3 Å². The van der Waals surface area contributed by atoms with Gasteiger partial charge in [0.2, 0.25) is 0 Å². The van der Waals surface area contributed by atoms with Gasteiger partial charge in [-0.1, -0.05) is 35.9 Å². The van der Waals surface area contributed by atoms with E-state index in [-0.39, 0.29) is 11.1 Å². The van der Waals surface area contributed by atoms with Gasteiger partial charge in [-0.2, -0.15) is 0 Å². The minimum atomic E-state index is -0.403. The van der Waals surface area contributed by atoms with Crippen molar-refractivity contribution in [3.05, 3.63) is 69.5 Å². The van der Waals surface area contributed by atoms with Crippen LogP contribution in [0.3, 0.4) is 0 Å². The van der Waals surface area contributed by atoms with Crippen molar-refractivity contribution in [3.63, 3.8) is 0 Å². The molecule has 0 saturated heterocycles. The van der Waals surface area contributed by atoms with Crippen LogP contribution in [0.4, 0.5) is 4.39 Å². The van der Waals surface area contributed by atoms with Gasteiger partial charge in [-0.05, 0) is 54.7 Å². The highest BCUT2D eigenvalue weighted by atomic mass is 35.5. The molecule has 0 aromatic heterocycles. The van der Waals surface area contributed by atoms with Gasteiger partial charge < -0.3 is 0 Å². The van der Waals surface area contributed by atoms with Gasteiger partial charge in [0.05, 0.1) is 11.1 Å². The van der Waals surface area contributed by atoms with Crippen LogP contribution in [0.2, 0.25) is 5.02 Å². The molecule has 3 N–H and O–H groups in total. The van der Waals surface area contributed by atoms with Gasteiger partial charge in [0.25, 0.3) is 0 Å². The molecule has 1 atom stereocenters. The topological polar surface area (TPSA) is 38.0 Å². The molecule has 20 heavy (non-hydrogen) atoms. The lowest BCUT2D eigenvalue weighted by Gasteiger charge is -2.20. The van der Waals surface area contributed by atoms with Crippen molar-refractivity contribution >= 4 is 11.6 Å². The van der Waals surface area contributed by atoms with Crippen LogP contribution < -0.4 is 11.3 Å². The third kappa shape index (κ3) is 3.18. The lowest BCUT2D eigenvalue weighted by Crippen LogP contribution is -2.30. The van der Waals surface area contributed by atoms with Crippen LogP contribution in [0.15, 0.2) is 36.4 Å². The molecule has 2 rings (SSSR count). The average Bonchev–Trinajstić information content (AvgIpc) is 2.43. The van der Waals surface area contributed by atoms with Crippen molar-refractivity contribution in [1.29, 1.82) is 0 Å². The van der Waals surface area contributed by atoms with E-state index in [0.717, 1.165) is 11.1 Å². The number of nitrogens with one attached hydrogen (secondary N) is 1. The van der Waals surface area contributed by atoms with Crippen molar-refractivity contribution in [3.8, 4) is 0 Å². The first kappa shape index (κ1) is 15.0. The molecule has 2 aromatic carbocycles. The van der Waals surface area contributed by atoms with Crippen LogP contribution in [-0.2, 0) is 6.42 Å². The van der Waals surface area contributed by atoms with Gasteiger partial charge >= 0.3 is 0 Å². The zero-order valence-electron chi connectivity index (χ0n) is 11.6. The van der Waals surface area contributed by atoms with E-state index in [9.17, 15) is 4.39 Å². The zero-order valence-corrected chi connectivity index (χ0v) is 12.3. The number of hydrazine groups is 1. The highest BCUT2D eigenvalue weighted by Gasteiger charge is 2.14. The Bertz CT molecular complexity index is 613. The van der Waals surface area contributed by atoms with Gasteiger partial charge in [-0.15, -0.1) is 0 Å². The molecule has 0 heterocycles. The highest BCUT2D eigenvalue weighted by Crippen LogP contribution is 2.25. The predicted molar refractivity (Wildman–Crippen MR) is 81.1 cm³/mol. The number of aryl methyl sites for hydroxylation is 1. The molecular weight excluding hydrogens is 275 g/mol. The van der Waals surface area contributed by atoms with Crippen molar-refractivity contribution in [1.82, 2.24) is 5.43 Å². The van der Waals surface area contributed by atoms with Crippen molar-refractivity contribution < 1.29 is 4.39 Å². The molecule has 1 unspecified atom stereocenters. The second-order valence-electron chi connectivity index (χ2n) is 4.96. The Morgan fingerprint density at radius 1 is 1.25 bits per heavy atom. The first-order chi connectivity index (χ1) is 9.52. The Hall–Kier alpha value is -1.42. The molecule has 0 bridgehead atoms. The minimum absolute atomic E-state index is 0.0311. The summed E-state index contributed by atoms with van der Waals surface area (Å²) in [5.41, 5.74) is 7.36. The van der Waals surface area contributed by atoms with Gasteiger partial charge in [-0.25, -0.2) is 4.39 Å². The normalized spacial score (nSPS) is 12.4. The third-order valence-corrected chi connectivity index (χ3v) is 3.94. The standard InChI is InChI=1S/C16H18ClFN2/c1-10-4-3-5-13(11(10)2)16(20-19)9-12-6-7-15(18)14(17)8-12/h3-8,16,20H,9,19H2,1-2H3. The number of nitrogens with two attached hydrogens (primary N) is 1. The fourth-order valence-corrected chi connectivity index (χ4v) is 2.52. The monoisotopic (exact) mass is 292 g/mol. The molecule has 0 aliphatic rings. The average molecular weight is 293 g/mol. The van der Waals surface area contributed by atoms with E-state index in [0.29, 0.717) is 6.42 Å². The Labute approximate surface area is 123 Å². The van der Waals surface area contributed by atoms with Crippen LogP contribution in [0.25, 0.3) is 0 Å². The second kappa shape index (κ2) is 6.35. The lowest BCUT2D eigenvalue weighted by molar-refractivity contribution is 0.548. The molecule has 0 saturated carbocycles. The van der Waals surface area contributed by atoms with E-state index in [4.69, 9.17) is 17.4 Å². The zero-order chi connectivity index (χ0) is 14.7. The molecule has 0 fully saturated rings. The van der Waals surface area contributed by atoms with Gasteiger partial charge in [0.1, 0.15) is 5.82 Å². The SMILES string of the molecule is Cc1cccc(C(Cc2ccc(F)c(Cl)c2)NN)c1C. The third-order valence-electron chi connectivity index (χ3n) is 3.65. The van der Waals surface area contributed by atoms with Crippen molar-refractivity contribution in [2.75, 3.05) is 0 Å². The van der Waals surface area contributed by atoms with E-state index < -0.39 is 5.82 Å². The minimum Gasteiger partial charge on any atom is -0.271 e. The first-order valence-electron chi connectivity index (χ1n) is 6.49. The highest BCUT2D eigenvalue weighted by molar-refractivity contribution is 6.30. The van der Waals surface area contributed by atoms with Crippen LogP contribution in [0.1, 0.15) is 28.3 Å². The summed E-state index contributed by atoms with van der Waals surface area (Å²) in [6.45, 7) is 4.15. The van der Waals surface area contributed by atoms with Crippen LogP contribution >= 0.6 is 11.6 Å². The molecule has 2 nitrogen and oxygen atoms in total. The van der Waals surface area contributed by atoms with E-state index in [2.05, 4.69) is 31.4 Å². The second-order valence-corrected chi connectivity index (χ2v) is 5.37. The van der Waals surface area contributed by atoms with Gasteiger partial charge in [0.15, 0.2) is 0 Å².